The number of carbonyl (C=O) groups excluding carboxylic acids is 1. The average Bonchev–Trinajstić information content (AvgIpc) is 2.31. The van der Waals surface area contributed by atoms with E-state index in [1.54, 1.807) is 7.11 Å². The van der Waals surface area contributed by atoms with Crippen LogP contribution >= 0.6 is 15.9 Å². The normalized spacial score (nSPS) is 12.2. The van der Waals surface area contributed by atoms with Crippen molar-refractivity contribution in [1.82, 2.24) is 0 Å². The summed E-state index contributed by atoms with van der Waals surface area (Å²) in [4.78, 5) is 11.8. The van der Waals surface area contributed by atoms with Crippen LogP contribution in [0.1, 0.15) is 18.9 Å². The molecule has 0 saturated carbocycles. The molecule has 1 aromatic carbocycles. The molecule has 0 fully saturated rings. The predicted molar refractivity (Wildman–Crippen MR) is 72.2 cm³/mol. The Morgan fingerprint density at radius 3 is 2.82 bits per heavy atom. The maximum atomic E-state index is 11.8. The Balaban J connectivity index is 2.70. The first kappa shape index (κ1) is 14.2. The third-order valence-electron chi connectivity index (χ3n) is 2.62. The van der Waals surface area contributed by atoms with Crippen molar-refractivity contribution >= 4 is 21.7 Å². The van der Waals surface area contributed by atoms with Crippen LogP contribution in [0.4, 0.5) is 0 Å². The van der Waals surface area contributed by atoms with Gasteiger partial charge >= 0.3 is 0 Å². The van der Waals surface area contributed by atoms with Gasteiger partial charge in [0.15, 0.2) is 0 Å². The number of rotatable bonds is 6. The fraction of sp³-hybridized carbons (Fsp3) is 0.462. The molecule has 3 nitrogen and oxygen atoms in total. The predicted octanol–water partition coefficient (Wildman–Crippen LogP) is 2.55. The van der Waals surface area contributed by atoms with Crippen LogP contribution in [-0.4, -0.2) is 19.4 Å². The molecule has 0 aliphatic rings. The number of nitrogens with two attached hydrogens (primary N) is 1. The molecule has 0 aromatic heterocycles. The largest absolute Gasteiger partial charge is 0.497 e. The first-order valence-electron chi connectivity index (χ1n) is 5.61. The fourth-order valence-electron chi connectivity index (χ4n) is 1.57. The molecule has 0 bridgehead atoms. The van der Waals surface area contributed by atoms with E-state index in [1.807, 2.05) is 25.1 Å². The Hall–Kier alpha value is -0.870. The van der Waals surface area contributed by atoms with Gasteiger partial charge in [0.25, 0.3) is 0 Å². The highest BCUT2D eigenvalue weighted by molar-refractivity contribution is 9.10. The van der Waals surface area contributed by atoms with Gasteiger partial charge in [0, 0.05) is 17.3 Å². The Bertz CT molecular complexity index is 393. The number of halogens is 1. The maximum Gasteiger partial charge on any atom is 0.137 e. The third-order valence-corrected chi connectivity index (χ3v) is 3.39. The molecule has 94 valence electrons. The number of ketones is 1. The fourth-order valence-corrected chi connectivity index (χ4v) is 1.96. The van der Waals surface area contributed by atoms with Crippen LogP contribution in [0, 0.1) is 5.92 Å². The van der Waals surface area contributed by atoms with Gasteiger partial charge in [-0.3, -0.25) is 4.79 Å². The van der Waals surface area contributed by atoms with E-state index in [9.17, 15) is 4.79 Å². The van der Waals surface area contributed by atoms with Crippen molar-refractivity contribution in [1.29, 1.82) is 0 Å². The van der Waals surface area contributed by atoms with Crippen molar-refractivity contribution in [3.63, 3.8) is 0 Å². The van der Waals surface area contributed by atoms with Gasteiger partial charge < -0.3 is 10.5 Å². The van der Waals surface area contributed by atoms with Gasteiger partial charge in [0.05, 0.1) is 7.11 Å². The lowest BCUT2D eigenvalue weighted by atomic mass is 10.00. The second kappa shape index (κ2) is 6.77. The molecule has 0 heterocycles. The second-order valence-corrected chi connectivity index (χ2v) is 5.07. The molecule has 1 rings (SSSR count). The standard InChI is InChI=1S/C13H18BrNO2/c1-9(8-15)5-11(16)6-10-7-12(17-2)3-4-13(10)14/h3-4,7,9H,5-6,8,15H2,1-2H3. The number of benzene rings is 1. The number of hydrogen-bond acceptors (Lipinski definition) is 3. The van der Waals surface area contributed by atoms with E-state index in [-0.39, 0.29) is 11.7 Å². The molecule has 1 atom stereocenters. The number of carbonyl (C=O) groups is 1. The summed E-state index contributed by atoms with van der Waals surface area (Å²) in [6.45, 7) is 2.53. The number of methoxy groups -OCH3 is 1. The van der Waals surface area contributed by atoms with Crippen molar-refractivity contribution in [2.75, 3.05) is 13.7 Å². The van der Waals surface area contributed by atoms with E-state index in [0.29, 0.717) is 19.4 Å². The summed E-state index contributed by atoms with van der Waals surface area (Å²) in [5, 5.41) is 0. The van der Waals surface area contributed by atoms with Gasteiger partial charge in [-0.25, -0.2) is 0 Å². The highest BCUT2D eigenvalue weighted by Gasteiger charge is 2.11. The van der Waals surface area contributed by atoms with Crippen molar-refractivity contribution < 1.29 is 9.53 Å². The second-order valence-electron chi connectivity index (χ2n) is 4.22. The lowest BCUT2D eigenvalue weighted by molar-refractivity contribution is -0.119. The summed E-state index contributed by atoms with van der Waals surface area (Å²) in [6, 6.07) is 5.64. The summed E-state index contributed by atoms with van der Waals surface area (Å²) >= 11 is 3.44. The van der Waals surface area contributed by atoms with Crippen LogP contribution in [0.15, 0.2) is 22.7 Å². The van der Waals surface area contributed by atoms with Crippen LogP contribution < -0.4 is 10.5 Å². The molecule has 0 aliphatic heterocycles. The molecule has 1 aromatic rings. The Labute approximate surface area is 110 Å². The first-order valence-corrected chi connectivity index (χ1v) is 6.40. The summed E-state index contributed by atoms with van der Waals surface area (Å²) in [7, 11) is 1.62. The molecule has 0 radical (unpaired) electrons. The Morgan fingerprint density at radius 2 is 2.24 bits per heavy atom. The zero-order valence-corrected chi connectivity index (χ0v) is 11.8. The highest BCUT2D eigenvalue weighted by atomic mass is 79.9. The number of ether oxygens (including phenoxy) is 1. The van der Waals surface area contributed by atoms with Gasteiger partial charge in [0.1, 0.15) is 11.5 Å². The molecule has 1 unspecified atom stereocenters. The molecule has 17 heavy (non-hydrogen) atoms. The quantitative estimate of drug-likeness (QED) is 0.878. The van der Waals surface area contributed by atoms with Crippen molar-refractivity contribution in [3.8, 4) is 5.75 Å². The minimum absolute atomic E-state index is 0.205. The summed E-state index contributed by atoms with van der Waals surface area (Å²) in [5.74, 6) is 1.21. The minimum Gasteiger partial charge on any atom is -0.497 e. The van der Waals surface area contributed by atoms with E-state index in [2.05, 4.69) is 15.9 Å². The molecule has 0 aliphatic carbocycles. The maximum absolute atomic E-state index is 11.8. The SMILES string of the molecule is COc1ccc(Br)c(CC(=O)CC(C)CN)c1. The Kier molecular flexibility index (Phi) is 5.65. The van der Waals surface area contributed by atoms with Gasteiger partial charge in [-0.1, -0.05) is 22.9 Å². The molecular weight excluding hydrogens is 282 g/mol. The smallest absolute Gasteiger partial charge is 0.137 e. The van der Waals surface area contributed by atoms with E-state index in [0.717, 1.165) is 15.8 Å². The van der Waals surface area contributed by atoms with E-state index < -0.39 is 0 Å². The van der Waals surface area contributed by atoms with Crippen LogP contribution in [0.5, 0.6) is 5.75 Å². The van der Waals surface area contributed by atoms with Gasteiger partial charge in [-0.2, -0.15) is 0 Å². The summed E-state index contributed by atoms with van der Waals surface area (Å²) < 4.78 is 6.08. The molecule has 0 spiro atoms. The third kappa shape index (κ3) is 4.48. The van der Waals surface area contributed by atoms with Crippen molar-refractivity contribution in [2.24, 2.45) is 11.7 Å². The number of hydrogen-bond donors (Lipinski definition) is 1. The molecular formula is C13H18BrNO2. The lowest BCUT2D eigenvalue weighted by Gasteiger charge is -2.09. The lowest BCUT2D eigenvalue weighted by Crippen LogP contribution is -2.16. The van der Waals surface area contributed by atoms with E-state index >= 15 is 0 Å². The monoisotopic (exact) mass is 299 g/mol. The summed E-state index contributed by atoms with van der Waals surface area (Å²) in [5.41, 5.74) is 6.46. The van der Waals surface area contributed by atoms with Crippen molar-refractivity contribution in [3.05, 3.63) is 28.2 Å². The number of Topliss-reactive ketones (excluding diaryl/α,β-unsaturated/α-hetero) is 1. The zero-order chi connectivity index (χ0) is 12.8. The molecule has 0 saturated heterocycles. The van der Waals surface area contributed by atoms with Crippen LogP contribution in [0.2, 0.25) is 0 Å². The topological polar surface area (TPSA) is 52.3 Å². The average molecular weight is 300 g/mol. The highest BCUT2D eigenvalue weighted by Crippen LogP contribution is 2.23. The zero-order valence-electron chi connectivity index (χ0n) is 10.2. The van der Waals surface area contributed by atoms with E-state index in [1.165, 1.54) is 0 Å². The van der Waals surface area contributed by atoms with Crippen LogP contribution in [-0.2, 0) is 11.2 Å². The van der Waals surface area contributed by atoms with Crippen LogP contribution in [0.25, 0.3) is 0 Å². The first-order chi connectivity index (χ1) is 8.06. The van der Waals surface area contributed by atoms with Crippen molar-refractivity contribution in [2.45, 2.75) is 19.8 Å². The van der Waals surface area contributed by atoms with Gasteiger partial charge in [-0.05, 0) is 36.2 Å². The minimum atomic E-state index is 0.205. The molecule has 4 heteroatoms. The van der Waals surface area contributed by atoms with E-state index in [4.69, 9.17) is 10.5 Å². The van der Waals surface area contributed by atoms with Crippen LogP contribution in [0.3, 0.4) is 0 Å². The van der Waals surface area contributed by atoms with Gasteiger partial charge in [0.2, 0.25) is 0 Å². The molecule has 2 N–H and O–H groups in total. The van der Waals surface area contributed by atoms with Gasteiger partial charge in [-0.15, -0.1) is 0 Å². The Morgan fingerprint density at radius 1 is 1.53 bits per heavy atom. The molecule has 0 amide bonds. The summed E-state index contributed by atoms with van der Waals surface area (Å²) in [6.07, 6.45) is 0.947.